The van der Waals surface area contributed by atoms with E-state index < -0.39 is 0 Å². The highest BCUT2D eigenvalue weighted by molar-refractivity contribution is 5.74. The summed E-state index contributed by atoms with van der Waals surface area (Å²) < 4.78 is 10.6. The Morgan fingerprint density at radius 1 is 1.04 bits per heavy atom. The second kappa shape index (κ2) is 10.0. The Morgan fingerprint density at radius 2 is 1.75 bits per heavy atom. The molecule has 1 saturated carbocycles. The number of carbonyl (C=O) groups is 1. The van der Waals surface area contributed by atoms with Crippen LogP contribution in [0.3, 0.4) is 0 Å². The van der Waals surface area contributed by atoms with Crippen LogP contribution >= 0.6 is 0 Å². The second-order valence-corrected chi connectivity index (χ2v) is 7.27. The number of urea groups is 1. The van der Waals surface area contributed by atoms with Gasteiger partial charge >= 0.3 is 6.03 Å². The molecule has 3 rings (SSSR count). The molecule has 5 nitrogen and oxygen atoms in total. The molecule has 0 heterocycles. The van der Waals surface area contributed by atoms with Gasteiger partial charge in [0.1, 0.15) is 0 Å². The lowest BCUT2D eigenvalue weighted by Gasteiger charge is -2.25. The van der Waals surface area contributed by atoms with Crippen LogP contribution in [0.1, 0.15) is 42.9 Å². The Bertz CT molecular complexity index is 758. The summed E-state index contributed by atoms with van der Waals surface area (Å²) in [5.41, 5.74) is 2.28. The van der Waals surface area contributed by atoms with Gasteiger partial charge in [0, 0.05) is 6.54 Å². The summed E-state index contributed by atoms with van der Waals surface area (Å²) >= 11 is 0. The van der Waals surface area contributed by atoms with E-state index in [0.29, 0.717) is 24.0 Å². The van der Waals surface area contributed by atoms with Crippen LogP contribution in [-0.2, 0) is 6.42 Å². The summed E-state index contributed by atoms with van der Waals surface area (Å²) in [6.07, 6.45) is 5.57. The van der Waals surface area contributed by atoms with Crippen molar-refractivity contribution < 1.29 is 14.3 Å². The monoisotopic (exact) mass is 382 g/mol. The van der Waals surface area contributed by atoms with Gasteiger partial charge in [-0.25, -0.2) is 4.79 Å². The van der Waals surface area contributed by atoms with Crippen molar-refractivity contribution in [1.29, 1.82) is 0 Å². The summed E-state index contributed by atoms with van der Waals surface area (Å²) in [6, 6.07) is 16.1. The lowest BCUT2D eigenvalue weighted by molar-refractivity contribution is 0.231. The number of benzene rings is 2. The zero-order valence-electron chi connectivity index (χ0n) is 16.7. The molecular weight excluding hydrogens is 352 g/mol. The molecule has 0 radical (unpaired) electrons. The van der Waals surface area contributed by atoms with Crippen molar-refractivity contribution in [3.05, 3.63) is 59.7 Å². The molecule has 2 aromatic carbocycles. The molecular formula is C23H30N2O3. The first kappa shape index (κ1) is 20.1. The first-order valence-electron chi connectivity index (χ1n) is 10.0. The van der Waals surface area contributed by atoms with Crippen molar-refractivity contribution in [2.75, 3.05) is 20.8 Å². The van der Waals surface area contributed by atoms with Crippen molar-refractivity contribution in [3.8, 4) is 11.5 Å². The highest BCUT2D eigenvalue weighted by Crippen LogP contribution is 2.35. The molecule has 1 aliphatic carbocycles. The average Bonchev–Trinajstić information content (AvgIpc) is 3.27. The van der Waals surface area contributed by atoms with Crippen LogP contribution in [0.5, 0.6) is 11.5 Å². The lowest BCUT2D eigenvalue weighted by Crippen LogP contribution is -2.41. The third-order valence-corrected chi connectivity index (χ3v) is 5.46. The molecule has 150 valence electrons. The van der Waals surface area contributed by atoms with E-state index in [0.717, 1.165) is 12.0 Å². The van der Waals surface area contributed by atoms with Crippen LogP contribution in [0.15, 0.2) is 48.5 Å². The zero-order chi connectivity index (χ0) is 19.8. The number of carbonyl (C=O) groups excluding carboxylic acids is 1. The molecule has 1 atom stereocenters. The van der Waals surface area contributed by atoms with Gasteiger partial charge in [-0.05, 0) is 48.4 Å². The highest BCUT2D eigenvalue weighted by atomic mass is 16.5. The fourth-order valence-corrected chi connectivity index (χ4v) is 3.97. The van der Waals surface area contributed by atoms with Crippen molar-refractivity contribution >= 4 is 6.03 Å². The van der Waals surface area contributed by atoms with Gasteiger partial charge in [0.25, 0.3) is 0 Å². The molecule has 1 aliphatic rings. The Morgan fingerprint density at radius 3 is 2.43 bits per heavy atom. The second-order valence-electron chi connectivity index (χ2n) is 7.27. The minimum atomic E-state index is -0.110. The number of ether oxygens (including phenoxy) is 2. The quantitative estimate of drug-likeness (QED) is 0.708. The minimum Gasteiger partial charge on any atom is -0.493 e. The van der Waals surface area contributed by atoms with Gasteiger partial charge in [-0.1, -0.05) is 49.2 Å². The molecule has 0 bridgehead atoms. The van der Waals surface area contributed by atoms with Crippen LogP contribution in [0.25, 0.3) is 0 Å². The van der Waals surface area contributed by atoms with Gasteiger partial charge in [0.15, 0.2) is 11.5 Å². The first-order chi connectivity index (χ1) is 13.7. The Balaban J connectivity index is 1.55. The SMILES string of the molecule is COc1ccc(CCNC(=O)NC(c2ccccc2)C2CCCC2)cc1OC. The van der Waals surface area contributed by atoms with Gasteiger partial charge in [-0.15, -0.1) is 0 Å². The van der Waals surface area contributed by atoms with Crippen molar-refractivity contribution in [2.45, 2.75) is 38.1 Å². The molecule has 5 heteroatoms. The molecule has 28 heavy (non-hydrogen) atoms. The Kier molecular flexibility index (Phi) is 7.18. The topological polar surface area (TPSA) is 59.6 Å². The smallest absolute Gasteiger partial charge is 0.315 e. The maximum Gasteiger partial charge on any atom is 0.315 e. The number of rotatable bonds is 8. The molecule has 0 spiro atoms. The van der Waals surface area contributed by atoms with Crippen molar-refractivity contribution in [1.82, 2.24) is 10.6 Å². The number of nitrogens with one attached hydrogen (secondary N) is 2. The van der Waals surface area contributed by atoms with E-state index in [2.05, 4.69) is 22.8 Å². The molecule has 2 amide bonds. The van der Waals surface area contributed by atoms with Crippen molar-refractivity contribution in [2.24, 2.45) is 5.92 Å². The van der Waals surface area contributed by atoms with E-state index >= 15 is 0 Å². The molecule has 1 unspecified atom stereocenters. The average molecular weight is 383 g/mol. The fraction of sp³-hybridized carbons (Fsp3) is 0.435. The van der Waals surface area contributed by atoms with Gasteiger partial charge in [0.05, 0.1) is 20.3 Å². The Hall–Kier alpha value is -2.69. The van der Waals surface area contributed by atoms with Gasteiger partial charge < -0.3 is 20.1 Å². The Labute approximate surface area is 167 Å². The maximum absolute atomic E-state index is 12.5. The maximum atomic E-state index is 12.5. The third-order valence-electron chi connectivity index (χ3n) is 5.46. The molecule has 1 fully saturated rings. The third kappa shape index (κ3) is 5.18. The van der Waals surface area contributed by atoms with E-state index in [1.54, 1.807) is 14.2 Å². The predicted octanol–water partition coefficient (Wildman–Crippen LogP) is 4.48. The van der Waals surface area contributed by atoms with Gasteiger partial charge in [-0.2, -0.15) is 0 Å². The molecule has 0 aliphatic heterocycles. The molecule has 0 aromatic heterocycles. The van der Waals surface area contributed by atoms with Crippen LogP contribution < -0.4 is 20.1 Å². The van der Waals surface area contributed by atoms with Crippen LogP contribution in [0, 0.1) is 5.92 Å². The largest absolute Gasteiger partial charge is 0.493 e. The molecule has 2 aromatic rings. The van der Waals surface area contributed by atoms with E-state index in [9.17, 15) is 4.79 Å². The van der Waals surface area contributed by atoms with Crippen molar-refractivity contribution in [3.63, 3.8) is 0 Å². The number of hydrogen-bond acceptors (Lipinski definition) is 3. The number of amides is 2. The summed E-state index contributed by atoms with van der Waals surface area (Å²) in [5, 5.41) is 6.21. The van der Waals surface area contributed by atoms with Crippen LogP contribution in [-0.4, -0.2) is 26.8 Å². The first-order valence-corrected chi connectivity index (χ1v) is 10.0. The summed E-state index contributed by atoms with van der Waals surface area (Å²) in [4.78, 5) is 12.5. The number of hydrogen-bond donors (Lipinski definition) is 2. The van der Waals surface area contributed by atoms with E-state index in [4.69, 9.17) is 9.47 Å². The summed E-state index contributed by atoms with van der Waals surface area (Å²) in [6.45, 7) is 0.563. The molecule has 0 saturated heterocycles. The zero-order valence-corrected chi connectivity index (χ0v) is 16.7. The van der Waals surface area contributed by atoms with Crippen LogP contribution in [0.2, 0.25) is 0 Å². The lowest BCUT2D eigenvalue weighted by atomic mass is 9.92. The highest BCUT2D eigenvalue weighted by Gasteiger charge is 2.27. The van der Waals surface area contributed by atoms with Crippen LogP contribution in [0.4, 0.5) is 4.79 Å². The van der Waals surface area contributed by atoms with E-state index in [1.807, 2.05) is 36.4 Å². The van der Waals surface area contributed by atoms with E-state index in [1.165, 1.54) is 31.2 Å². The fourth-order valence-electron chi connectivity index (χ4n) is 3.97. The van der Waals surface area contributed by atoms with Gasteiger partial charge in [0.2, 0.25) is 0 Å². The number of methoxy groups -OCH3 is 2. The normalized spacial score (nSPS) is 15.1. The standard InChI is InChI=1S/C23H30N2O3/c1-27-20-13-12-17(16-21(20)28-2)14-15-24-23(26)25-22(19-10-6-7-11-19)18-8-4-3-5-9-18/h3-5,8-9,12-13,16,19,22H,6-7,10-11,14-15H2,1-2H3,(H2,24,25,26). The minimum absolute atomic E-state index is 0.0739. The summed E-state index contributed by atoms with van der Waals surface area (Å²) in [7, 11) is 3.25. The molecule has 2 N–H and O–H groups in total. The summed E-state index contributed by atoms with van der Waals surface area (Å²) in [5.74, 6) is 1.92. The van der Waals surface area contributed by atoms with E-state index in [-0.39, 0.29) is 12.1 Å². The van der Waals surface area contributed by atoms with Gasteiger partial charge in [-0.3, -0.25) is 0 Å². The predicted molar refractivity (Wildman–Crippen MR) is 111 cm³/mol.